The SMILES string of the molecule is COC(=O)c1ccc(CCC(O)O)cc1-c1ccccc1C. The molecule has 0 radical (unpaired) electrons. The molecule has 2 rings (SSSR count). The number of methoxy groups -OCH3 is 1. The third-order valence-electron chi connectivity index (χ3n) is 3.62. The van der Waals surface area contributed by atoms with Crippen LogP contribution in [0, 0.1) is 6.92 Å². The first-order chi connectivity index (χ1) is 10.5. The van der Waals surface area contributed by atoms with E-state index in [1.807, 2.05) is 43.3 Å². The van der Waals surface area contributed by atoms with Gasteiger partial charge in [-0.05, 0) is 41.7 Å². The second kappa shape index (κ2) is 7.20. The minimum atomic E-state index is -1.33. The van der Waals surface area contributed by atoms with Crippen LogP contribution in [0.25, 0.3) is 11.1 Å². The van der Waals surface area contributed by atoms with Gasteiger partial charge in [-0.25, -0.2) is 4.79 Å². The Hall–Kier alpha value is -2.17. The zero-order valence-corrected chi connectivity index (χ0v) is 12.7. The van der Waals surface area contributed by atoms with Gasteiger partial charge < -0.3 is 14.9 Å². The molecule has 116 valence electrons. The number of hydrogen-bond donors (Lipinski definition) is 2. The van der Waals surface area contributed by atoms with Crippen molar-refractivity contribution >= 4 is 5.97 Å². The Balaban J connectivity index is 2.49. The van der Waals surface area contributed by atoms with Crippen molar-refractivity contribution in [2.75, 3.05) is 7.11 Å². The number of rotatable bonds is 5. The Bertz CT molecular complexity index is 662. The van der Waals surface area contributed by atoms with Crippen LogP contribution in [0.5, 0.6) is 0 Å². The molecule has 22 heavy (non-hydrogen) atoms. The second-order valence-electron chi connectivity index (χ2n) is 5.21. The highest BCUT2D eigenvalue weighted by Crippen LogP contribution is 2.29. The molecule has 4 heteroatoms. The summed E-state index contributed by atoms with van der Waals surface area (Å²) in [6.45, 7) is 1.99. The van der Waals surface area contributed by atoms with Crippen molar-refractivity contribution in [1.29, 1.82) is 0 Å². The van der Waals surface area contributed by atoms with Crippen LogP contribution in [0.15, 0.2) is 42.5 Å². The average Bonchev–Trinajstić information content (AvgIpc) is 2.52. The molecule has 0 aromatic heterocycles. The van der Waals surface area contributed by atoms with Crippen LogP contribution >= 0.6 is 0 Å². The predicted molar refractivity (Wildman–Crippen MR) is 84.5 cm³/mol. The van der Waals surface area contributed by atoms with Crippen molar-refractivity contribution in [3.8, 4) is 11.1 Å². The summed E-state index contributed by atoms with van der Waals surface area (Å²) in [5, 5.41) is 18.0. The largest absolute Gasteiger partial charge is 0.465 e. The number of aliphatic hydroxyl groups excluding tert-OH is 1. The Morgan fingerprint density at radius 1 is 1.14 bits per heavy atom. The molecule has 0 spiro atoms. The van der Waals surface area contributed by atoms with Gasteiger partial charge in [-0.1, -0.05) is 36.4 Å². The molecule has 0 bridgehead atoms. The Morgan fingerprint density at radius 3 is 2.50 bits per heavy atom. The van der Waals surface area contributed by atoms with Crippen molar-refractivity contribution in [2.24, 2.45) is 0 Å². The molecule has 0 unspecified atom stereocenters. The smallest absolute Gasteiger partial charge is 0.338 e. The summed E-state index contributed by atoms with van der Waals surface area (Å²) >= 11 is 0. The summed E-state index contributed by atoms with van der Waals surface area (Å²) in [6.07, 6.45) is -0.551. The molecule has 2 N–H and O–H groups in total. The van der Waals surface area contributed by atoms with E-state index in [0.717, 1.165) is 22.3 Å². The lowest BCUT2D eigenvalue weighted by Gasteiger charge is -2.13. The maximum Gasteiger partial charge on any atom is 0.338 e. The molecule has 4 nitrogen and oxygen atoms in total. The van der Waals surface area contributed by atoms with Crippen LogP contribution in [0.2, 0.25) is 0 Å². The molecule has 0 aliphatic carbocycles. The summed E-state index contributed by atoms with van der Waals surface area (Å²) < 4.78 is 4.86. The van der Waals surface area contributed by atoms with E-state index in [0.29, 0.717) is 12.0 Å². The first-order valence-electron chi connectivity index (χ1n) is 7.16. The summed E-state index contributed by atoms with van der Waals surface area (Å²) in [5.41, 5.74) is 4.28. The van der Waals surface area contributed by atoms with Crippen molar-refractivity contribution in [1.82, 2.24) is 0 Å². The molecule has 0 fully saturated rings. The van der Waals surface area contributed by atoms with E-state index in [2.05, 4.69) is 0 Å². The molecule has 0 aliphatic rings. The summed E-state index contributed by atoms with van der Waals surface area (Å²) in [6, 6.07) is 13.3. The maximum absolute atomic E-state index is 12.0. The average molecular weight is 300 g/mol. The van der Waals surface area contributed by atoms with Crippen LogP contribution in [-0.2, 0) is 11.2 Å². The van der Waals surface area contributed by atoms with Crippen LogP contribution in [-0.4, -0.2) is 29.6 Å². The van der Waals surface area contributed by atoms with Gasteiger partial charge in [0.1, 0.15) is 0 Å². The summed E-state index contributed by atoms with van der Waals surface area (Å²) in [4.78, 5) is 12.0. The van der Waals surface area contributed by atoms with Gasteiger partial charge in [-0.15, -0.1) is 0 Å². The van der Waals surface area contributed by atoms with Gasteiger partial charge in [0.25, 0.3) is 0 Å². The molecule has 0 aliphatic heterocycles. The number of carbonyl (C=O) groups is 1. The monoisotopic (exact) mass is 300 g/mol. The van der Waals surface area contributed by atoms with Crippen molar-refractivity contribution in [2.45, 2.75) is 26.1 Å². The molecule has 0 saturated heterocycles. The Labute approximate surface area is 130 Å². The van der Waals surface area contributed by atoms with E-state index >= 15 is 0 Å². The molecular weight excluding hydrogens is 280 g/mol. The number of carbonyl (C=O) groups excluding carboxylic acids is 1. The van der Waals surface area contributed by atoms with Crippen LogP contribution in [0.4, 0.5) is 0 Å². The molecule has 2 aromatic carbocycles. The molecule has 0 amide bonds. The first kappa shape index (κ1) is 16.2. The van der Waals surface area contributed by atoms with E-state index in [-0.39, 0.29) is 12.4 Å². The second-order valence-corrected chi connectivity index (χ2v) is 5.21. The summed E-state index contributed by atoms with van der Waals surface area (Å²) in [5.74, 6) is -0.382. The zero-order valence-electron chi connectivity index (χ0n) is 12.7. The van der Waals surface area contributed by atoms with Crippen LogP contribution in [0.3, 0.4) is 0 Å². The highest BCUT2D eigenvalue weighted by molar-refractivity contribution is 5.97. The first-order valence-corrected chi connectivity index (χ1v) is 7.16. The summed E-state index contributed by atoms with van der Waals surface area (Å²) in [7, 11) is 1.36. The Kier molecular flexibility index (Phi) is 5.31. The molecule has 0 saturated carbocycles. The molecule has 0 atom stereocenters. The number of aryl methyl sites for hydroxylation is 2. The third-order valence-corrected chi connectivity index (χ3v) is 3.62. The lowest BCUT2D eigenvalue weighted by atomic mass is 9.93. The van der Waals surface area contributed by atoms with Gasteiger partial charge in [0.2, 0.25) is 0 Å². The number of aliphatic hydroxyl groups is 2. The van der Waals surface area contributed by atoms with E-state index < -0.39 is 6.29 Å². The molecule has 0 heterocycles. The maximum atomic E-state index is 12.0. The topological polar surface area (TPSA) is 66.8 Å². The fourth-order valence-corrected chi connectivity index (χ4v) is 2.43. The van der Waals surface area contributed by atoms with E-state index in [9.17, 15) is 4.79 Å². The number of ether oxygens (including phenoxy) is 1. The van der Waals surface area contributed by atoms with E-state index in [1.165, 1.54) is 7.11 Å². The van der Waals surface area contributed by atoms with Gasteiger partial charge in [0.05, 0.1) is 12.7 Å². The lowest BCUT2D eigenvalue weighted by molar-refractivity contribution is -0.0447. The quantitative estimate of drug-likeness (QED) is 0.658. The lowest BCUT2D eigenvalue weighted by Crippen LogP contribution is -2.07. The van der Waals surface area contributed by atoms with Crippen molar-refractivity contribution in [3.05, 3.63) is 59.2 Å². The van der Waals surface area contributed by atoms with E-state index in [1.54, 1.807) is 6.07 Å². The van der Waals surface area contributed by atoms with Crippen molar-refractivity contribution in [3.63, 3.8) is 0 Å². The van der Waals surface area contributed by atoms with Crippen molar-refractivity contribution < 1.29 is 19.7 Å². The number of benzene rings is 2. The highest BCUT2D eigenvalue weighted by atomic mass is 16.5. The number of hydrogen-bond acceptors (Lipinski definition) is 4. The van der Waals surface area contributed by atoms with Gasteiger partial charge in [-0.3, -0.25) is 0 Å². The van der Waals surface area contributed by atoms with Crippen LogP contribution < -0.4 is 0 Å². The van der Waals surface area contributed by atoms with E-state index in [4.69, 9.17) is 14.9 Å². The zero-order chi connectivity index (χ0) is 16.1. The van der Waals surface area contributed by atoms with Crippen LogP contribution in [0.1, 0.15) is 27.9 Å². The molecular formula is C18H20O4. The molecule has 2 aromatic rings. The fourth-order valence-electron chi connectivity index (χ4n) is 2.43. The normalized spacial score (nSPS) is 10.8. The minimum Gasteiger partial charge on any atom is -0.465 e. The minimum absolute atomic E-state index is 0.255. The third kappa shape index (κ3) is 3.72. The fraction of sp³-hybridized carbons (Fsp3) is 0.278. The van der Waals surface area contributed by atoms with Gasteiger partial charge in [0, 0.05) is 6.42 Å². The van der Waals surface area contributed by atoms with Gasteiger partial charge in [0.15, 0.2) is 6.29 Å². The number of esters is 1. The van der Waals surface area contributed by atoms with Gasteiger partial charge in [-0.2, -0.15) is 0 Å². The predicted octanol–water partition coefficient (Wildman–Crippen LogP) is 2.69. The highest BCUT2D eigenvalue weighted by Gasteiger charge is 2.15. The Morgan fingerprint density at radius 2 is 1.86 bits per heavy atom. The van der Waals surface area contributed by atoms with Gasteiger partial charge >= 0.3 is 5.97 Å². The standard InChI is InChI=1S/C18H20O4/c1-12-5-3-4-6-14(12)16-11-13(8-10-17(19)20)7-9-15(16)18(21)22-2/h3-7,9,11,17,19-20H,8,10H2,1-2H3.